The molecular formula is C14H18N2O4. The van der Waals surface area contributed by atoms with E-state index >= 15 is 0 Å². The van der Waals surface area contributed by atoms with Crippen molar-refractivity contribution in [2.24, 2.45) is 0 Å². The second-order valence-corrected chi connectivity index (χ2v) is 5.71. The van der Waals surface area contributed by atoms with Crippen molar-refractivity contribution in [1.29, 1.82) is 0 Å². The summed E-state index contributed by atoms with van der Waals surface area (Å²) in [5, 5.41) is 12.8. The molecule has 108 valence electrons. The van der Waals surface area contributed by atoms with E-state index in [2.05, 4.69) is 5.10 Å². The van der Waals surface area contributed by atoms with Gasteiger partial charge >= 0.3 is 5.97 Å². The van der Waals surface area contributed by atoms with Gasteiger partial charge in [-0.25, -0.2) is 9.48 Å². The first-order valence-electron chi connectivity index (χ1n) is 7.07. The molecule has 1 spiro atoms. The van der Waals surface area contributed by atoms with Gasteiger partial charge in [0, 0.05) is 6.07 Å². The molecule has 1 saturated carbocycles. The van der Waals surface area contributed by atoms with Crippen LogP contribution in [-0.4, -0.2) is 32.6 Å². The Morgan fingerprint density at radius 2 is 2.15 bits per heavy atom. The van der Waals surface area contributed by atoms with E-state index in [9.17, 15) is 9.59 Å². The van der Waals surface area contributed by atoms with E-state index in [0.29, 0.717) is 6.54 Å². The van der Waals surface area contributed by atoms with Crippen LogP contribution in [0.4, 0.5) is 0 Å². The summed E-state index contributed by atoms with van der Waals surface area (Å²) >= 11 is 0. The van der Waals surface area contributed by atoms with Crippen LogP contribution in [0.3, 0.4) is 0 Å². The number of nitrogens with zero attached hydrogens (tertiary/aromatic N) is 2. The van der Waals surface area contributed by atoms with Crippen molar-refractivity contribution in [3.05, 3.63) is 28.2 Å². The summed E-state index contributed by atoms with van der Waals surface area (Å²) in [7, 11) is 0. The summed E-state index contributed by atoms with van der Waals surface area (Å²) in [6.45, 7) is 0.335. The number of carboxylic acid groups (broad SMARTS) is 1. The lowest BCUT2D eigenvalue weighted by molar-refractivity contribution is -0.0434. The smallest absolute Gasteiger partial charge is 0.356 e. The zero-order chi connectivity index (χ0) is 14.2. The molecule has 1 saturated heterocycles. The van der Waals surface area contributed by atoms with E-state index in [1.165, 1.54) is 29.7 Å². The minimum absolute atomic E-state index is 0.0126. The molecule has 2 fully saturated rings. The predicted molar refractivity (Wildman–Crippen MR) is 70.8 cm³/mol. The van der Waals surface area contributed by atoms with Crippen LogP contribution in [0.2, 0.25) is 0 Å². The minimum Gasteiger partial charge on any atom is -0.476 e. The fraction of sp³-hybridized carbons (Fsp3) is 0.643. The molecule has 0 bridgehead atoms. The van der Waals surface area contributed by atoms with Crippen molar-refractivity contribution < 1.29 is 14.6 Å². The molecule has 1 unspecified atom stereocenters. The van der Waals surface area contributed by atoms with Gasteiger partial charge in [-0.05, 0) is 31.7 Å². The number of hydrogen-bond donors (Lipinski definition) is 1. The monoisotopic (exact) mass is 278 g/mol. The first-order valence-corrected chi connectivity index (χ1v) is 7.07. The number of carboxylic acids is 1. The van der Waals surface area contributed by atoms with Gasteiger partial charge in [-0.15, -0.1) is 0 Å². The van der Waals surface area contributed by atoms with Crippen molar-refractivity contribution in [2.45, 2.75) is 56.8 Å². The third-order valence-corrected chi connectivity index (χ3v) is 4.32. The average molecular weight is 278 g/mol. The van der Waals surface area contributed by atoms with Gasteiger partial charge in [0.2, 0.25) is 0 Å². The lowest BCUT2D eigenvalue weighted by atomic mass is 9.98. The summed E-state index contributed by atoms with van der Waals surface area (Å²) in [6, 6.07) is 2.48. The maximum Gasteiger partial charge on any atom is 0.356 e. The second kappa shape index (κ2) is 5.01. The Kier molecular flexibility index (Phi) is 3.33. The first-order chi connectivity index (χ1) is 9.58. The number of hydrogen-bond acceptors (Lipinski definition) is 4. The van der Waals surface area contributed by atoms with Crippen molar-refractivity contribution in [3.63, 3.8) is 0 Å². The Labute approximate surface area is 116 Å². The third kappa shape index (κ3) is 2.47. The fourth-order valence-electron chi connectivity index (χ4n) is 3.30. The molecule has 0 radical (unpaired) electrons. The van der Waals surface area contributed by atoms with E-state index < -0.39 is 5.97 Å². The number of ether oxygens (including phenoxy) is 1. The standard InChI is InChI=1S/C14H18N2O4/c17-12-4-3-11(13(18)19)15-16(12)9-10-5-8-14(20-10)6-1-2-7-14/h3-4,10H,1-2,5-9H2,(H,18,19). The molecule has 0 amide bonds. The number of rotatable bonds is 3. The van der Waals surface area contributed by atoms with Crippen LogP contribution in [0.1, 0.15) is 49.0 Å². The third-order valence-electron chi connectivity index (χ3n) is 4.32. The van der Waals surface area contributed by atoms with Crippen molar-refractivity contribution in [2.75, 3.05) is 0 Å². The van der Waals surface area contributed by atoms with Gasteiger partial charge in [0.1, 0.15) is 0 Å². The van der Waals surface area contributed by atoms with Gasteiger partial charge in [-0.1, -0.05) is 12.8 Å². The van der Waals surface area contributed by atoms with Crippen LogP contribution < -0.4 is 5.56 Å². The number of aromatic nitrogens is 2. The SMILES string of the molecule is O=C(O)c1ccc(=O)n(CC2CCC3(CCCC3)O2)n1. The topological polar surface area (TPSA) is 81.4 Å². The molecule has 2 heterocycles. The lowest BCUT2D eigenvalue weighted by Crippen LogP contribution is -2.32. The molecule has 1 aliphatic carbocycles. The molecule has 1 aromatic rings. The Balaban J connectivity index is 1.74. The highest BCUT2D eigenvalue weighted by Crippen LogP contribution is 2.43. The normalized spacial score (nSPS) is 24.3. The molecule has 1 aromatic heterocycles. The molecule has 1 atom stereocenters. The molecule has 3 rings (SSSR count). The Hall–Kier alpha value is -1.69. The summed E-state index contributed by atoms with van der Waals surface area (Å²) in [5.41, 5.74) is -0.386. The molecule has 6 nitrogen and oxygen atoms in total. The first kappa shape index (κ1) is 13.3. The van der Waals surface area contributed by atoms with Crippen LogP contribution in [0, 0.1) is 0 Å². The van der Waals surface area contributed by atoms with Gasteiger partial charge < -0.3 is 9.84 Å². The van der Waals surface area contributed by atoms with E-state index in [0.717, 1.165) is 25.7 Å². The molecule has 1 N–H and O–H groups in total. The summed E-state index contributed by atoms with van der Waals surface area (Å²) < 4.78 is 7.33. The molecule has 0 aromatic carbocycles. The van der Waals surface area contributed by atoms with Gasteiger partial charge in [0.15, 0.2) is 5.69 Å². The summed E-state index contributed by atoms with van der Waals surface area (Å²) in [5.74, 6) is -1.13. The highest BCUT2D eigenvalue weighted by Gasteiger charge is 2.42. The maximum atomic E-state index is 11.7. The van der Waals surface area contributed by atoms with Crippen molar-refractivity contribution in [3.8, 4) is 0 Å². The van der Waals surface area contributed by atoms with Gasteiger partial charge in [0.05, 0.1) is 18.2 Å². The zero-order valence-corrected chi connectivity index (χ0v) is 11.2. The second-order valence-electron chi connectivity index (χ2n) is 5.71. The predicted octanol–water partition coefficient (Wildman–Crippen LogP) is 1.43. The maximum absolute atomic E-state index is 11.7. The van der Waals surface area contributed by atoms with Crippen LogP contribution in [0.15, 0.2) is 16.9 Å². The highest BCUT2D eigenvalue weighted by atomic mass is 16.5. The molecule has 20 heavy (non-hydrogen) atoms. The summed E-state index contributed by atoms with van der Waals surface area (Å²) in [4.78, 5) is 22.6. The van der Waals surface area contributed by atoms with E-state index in [1.807, 2.05) is 0 Å². The average Bonchev–Trinajstić information content (AvgIpc) is 3.03. The highest BCUT2D eigenvalue weighted by molar-refractivity contribution is 5.84. The molecular weight excluding hydrogens is 260 g/mol. The van der Waals surface area contributed by atoms with Gasteiger partial charge in [0.25, 0.3) is 5.56 Å². The molecule has 6 heteroatoms. The molecule has 1 aliphatic heterocycles. The fourth-order valence-corrected chi connectivity index (χ4v) is 3.30. The van der Waals surface area contributed by atoms with E-state index in [1.54, 1.807) is 0 Å². The number of aromatic carboxylic acids is 1. The zero-order valence-electron chi connectivity index (χ0n) is 11.2. The largest absolute Gasteiger partial charge is 0.476 e. The van der Waals surface area contributed by atoms with E-state index in [-0.39, 0.29) is 23.0 Å². The minimum atomic E-state index is -1.13. The molecule has 2 aliphatic rings. The quantitative estimate of drug-likeness (QED) is 0.904. The van der Waals surface area contributed by atoms with Gasteiger partial charge in [-0.2, -0.15) is 5.10 Å². The van der Waals surface area contributed by atoms with Crippen molar-refractivity contribution >= 4 is 5.97 Å². The number of carbonyl (C=O) groups is 1. The van der Waals surface area contributed by atoms with Crippen LogP contribution in [-0.2, 0) is 11.3 Å². The Morgan fingerprint density at radius 1 is 1.40 bits per heavy atom. The summed E-state index contributed by atoms with van der Waals surface area (Å²) in [6.07, 6.45) is 6.51. The van der Waals surface area contributed by atoms with Crippen LogP contribution in [0.25, 0.3) is 0 Å². The van der Waals surface area contributed by atoms with Crippen LogP contribution >= 0.6 is 0 Å². The Bertz CT molecular complexity index is 575. The Morgan fingerprint density at radius 3 is 2.85 bits per heavy atom. The van der Waals surface area contributed by atoms with Crippen LogP contribution in [0.5, 0.6) is 0 Å². The van der Waals surface area contributed by atoms with Crippen molar-refractivity contribution in [1.82, 2.24) is 9.78 Å². The van der Waals surface area contributed by atoms with Gasteiger partial charge in [-0.3, -0.25) is 4.79 Å². The van der Waals surface area contributed by atoms with E-state index in [4.69, 9.17) is 9.84 Å². The lowest BCUT2D eigenvalue weighted by Gasteiger charge is -2.23.